The van der Waals surface area contributed by atoms with Crippen molar-refractivity contribution in [1.82, 2.24) is 5.32 Å². The molecule has 0 aromatic heterocycles. The number of benzene rings is 1. The summed E-state index contributed by atoms with van der Waals surface area (Å²) in [5, 5.41) is 3.51. The zero-order valence-electron chi connectivity index (χ0n) is 8.41. The van der Waals surface area contributed by atoms with Gasteiger partial charge < -0.3 is 11.1 Å². The summed E-state index contributed by atoms with van der Waals surface area (Å²) in [7, 11) is 0. The largest absolute Gasteiger partial charge is 0.347 e. The molecule has 1 aliphatic rings. The molecule has 1 aliphatic heterocycles. The molecule has 1 fully saturated rings. The van der Waals surface area contributed by atoms with Gasteiger partial charge in [-0.3, -0.25) is 4.79 Å². The van der Waals surface area contributed by atoms with Gasteiger partial charge in [0.2, 0.25) is 5.91 Å². The van der Waals surface area contributed by atoms with Gasteiger partial charge in [-0.2, -0.15) is 0 Å². The van der Waals surface area contributed by atoms with Gasteiger partial charge in [0, 0.05) is 11.1 Å². The van der Waals surface area contributed by atoms with Crippen molar-refractivity contribution < 1.29 is 4.79 Å². The van der Waals surface area contributed by atoms with E-state index in [1.54, 1.807) is 6.07 Å². The van der Waals surface area contributed by atoms with Crippen LogP contribution in [0.1, 0.15) is 18.5 Å². The first kappa shape index (κ1) is 10.5. The highest BCUT2D eigenvalue weighted by atomic mass is 35.5. The average Bonchev–Trinajstić information content (AvgIpc) is 2.47. The number of amides is 1. The number of carbonyl (C=O) groups is 1. The van der Waals surface area contributed by atoms with Gasteiger partial charge in [0.05, 0.1) is 12.0 Å². The zero-order chi connectivity index (χ0) is 11.0. The molecule has 0 radical (unpaired) electrons. The van der Waals surface area contributed by atoms with Crippen molar-refractivity contribution in [3.63, 3.8) is 0 Å². The second-order valence-corrected chi connectivity index (χ2v) is 4.28. The van der Waals surface area contributed by atoms with E-state index < -0.39 is 0 Å². The highest BCUT2D eigenvalue weighted by molar-refractivity contribution is 6.31. The standard InChI is InChI=1S/C11H13ClN2O/c1-6-9(13)10(14-11(6)15)7-4-2-3-5-8(7)12/h2-6,9-10H,13H2,1H3,(H,14,15)/t6?,9-,10+/m0/s1. The SMILES string of the molecule is CC1C(=O)N[C@H](c2ccccc2Cl)[C@H]1N. The quantitative estimate of drug-likeness (QED) is 0.759. The third kappa shape index (κ3) is 1.73. The highest BCUT2D eigenvalue weighted by Gasteiger charge is 2.38. The monoisotopic (exact) mass is 224 g/mol. The number of nitrogens with one attached hydrogen (secondary N) is 1. The first-order chi connectivity index (χ1) is 7.11. The summed E-state index contributed by atoms with van der Waals surface area (Å²) in [6.45, 7) is 1.83. The van der Waals surface area contributed by atoms with Crippen LogP contribution in [-0.2, 0) is 4.79 Å². The van der Waals surface area contributed by atoms with Crippen molar-refractivity contribution in [3.8, 4) is 0 Å². The predicted molar refractivity (Wildman–Crippen MR) is 59.5 cm³/mol. The number of halogens is 1. The van der Waals surface area contributed by atoms with E-state index in [-0.39, 0.29) is 23.9 Å². The lowest BCUT2D eigenvalue weighted by Gasteiger charge is -2.17. The number of nitrogens with two attached hydrogens (primary N) is 1. The second-order valence-electron chi connectivity index (χ2n) is 3.87. The molecule has 1 aromatic rings. The first-order valence-corrected chi connectivity index (χ1v) is 5.29. The molecule has 2 rings (SSSR count). The molecule has 4 heteroatoms. The predicted octanol–water partition coefficient (Wildman–Crippen LogP) is 1.47. The van der Waals surface area contributed by atoms with Crippen LogP contribution in [-0.4, -0.2) is 11.9 Å². The van der Waals surface area contributed by atoms with Crippen LogP contribution < -0.4 is 11.1 Å². The molecule has 15 heavy (non-hydrogen) atoms. The minimum atomic E-state index is -0.211. The minimum Gasteiger partial charge on any atom is -0.347 e. The summed E-state index contributed by atoms with van der Waals surface area (Å²) in [5.74, 6) is -0.168. The van der Waals surface area contributed by atoms with Crippen LogP contribution in [0.3, 0.4) is 0 Å². The molecule has 0 bridgehead atoms. The van der Waals surface area contributed by atoms with Crippen molar-refractivity contribution in [2.75, 3.05) is 0 Å². The number of hydrogen-bond acceptors (Lipinski definition) is 2. The summed E-state index contributed by atoms with van der Waals surface area (Å²) >= 11 is 6.06. The van der Waals surface area contributed by atoms with E-state index >= 15 is 0 Å². The van der Waals surface area contributed by atoms with Gasteiger partial charge in [0.1, 0.15) is 0 Å². The van der Waals surface area contributed by atoms with E-state index in [2.05, 4.69) is 5.32 Å². The fourth-order valence-electron chi connectivity index (χ4n) is 1.86. The second kappa shape index (κ2) is 3.83. The Morgan fingerprint density at radius 3 is 2.60 bits per heavy atom. The maximum Gasteiger partial charge on any atom is 0.225 e. The van der Waals surface area contributed by atoms with E-state index in [9.17, 15) is 4.79 Å². The number of carbonyl (C=O) groups excluding carboxylic acids is 1. The van der Waals surface area contributed by atoms with E-state index in [0.717, 1.165) is 5.56 Å². The lowest BCUT2D eigenvalue weighted by molar-refractivity contribution is -0.122. The van der Waals surface area contributed by atoms with Crippen LogP contribution in [0.4, 0.5) is 0 Å². The Morgan fingerprint density at radius 2 is 2.07 bits per heavy atom. The summed E-state index contributed by atoms with van der Waals surface area (Å²) in [6, 6.07) is 7.07. The van der Waals surface area contributed by atoms with Gasteiger partial charge in [0.15, 0.2) is 0 Å². The first-order valence-electron chi connectivity index (χ1n) is 4.91. The minimum absolute atomic E-state index is 0.00702. The van der Waals surface area contributed by atoms with Gasteiger partial charge in [-0.25, -0.2) is 0 Å². The maximum absolute atomic E-state index is 11.4. The van der Waals surface area contributed by atoms with Gasteiger partial charge in [-0.05, 0) is 11.6 Å². The van der Waals surface area contributed by atoms with Crippen molar-refractivity contribution in [1.29, 1.82) is 0 Å². The molecule has 3 N–H and O–H groups in total. The van der Waals surface area contributed by atoms with Crippen LogP contribution in [0.15, 0.2) is 24.3 Å². The molecule has 1 saturated heterocycles. The number of rotatable bonds is 1. The van der Waals surface area contributed by atoms with Crippen molar-refractivity contribution in [3.05, 3.63) is 34.9 Å². The topological polar surface area (TPSA) is 55.1 Å². The third-order valence-electron chi connectivity index (χ3n) is 2.91. The molecule has 1 aromatic carbocycles. The summed E-state index contributed by atoms with van der Waals surface area (Å²) in [4.78, 5) is 11.4. The smallest absolute Gasteiger partial charge is 0.225 e. The van der Waals surface area contributed by atoms with Gasteiger partial charge in [-0.1, -0.05) is 36.7 Å². The Hall–Kier alpha value is -1.06. The Bertz CT molecular complexity index is 394. The lowest BCUT2D eigenvalue weighted by atomic mass is 9.96. The Labute approximate surface area is 93.6 Å². The molecule has 0 saturated carbocycles. The summed E-state index contributed by atoms with van der Waals surface area (Å²) in [5.41, 5.74) is 6.86. The van der Waals surface area contributed by atoms with Gasteiger partial charge >= 0.3 is 0 Å². The van der Waals surface area contributed by atoms with E-state index in [0.29, 0.717) is 5.02 Å². The van der Waals surface area contributed by atoms with E-state index in [4.69, 9.17) is 17.3 Å². The summed E-state index contributed by atoms with van der Waals surface area (Å²) < 4.78 is 0. The Balaban J connectivity index is 2.34. The molecule has 1 amide bonds. The third-order valence-corrected chi connectivity index (χ3v) is 3.26. The van der Waals surface area contributed by atoms with E-state index in [1.807, 2.05) is 25.1 Å². The van der Waals surface area contributed by atoms with Crippen LogP contribution in [0.5, 0.6) is 0 Å². The van der Waals surface area contributed by atoms with E-state index in [1.165, 1.54) is 0 Å². The highest BCUT2D eigenvalue weighted by Crippen LogP contribution is 2.31. The lowest BCUT2D eigenvalue weighted by Crippen LogP contribution is -2.31. The van der Waals surface area contributed by atoms with Gasteiger partial charge in [-0.15, -0.1) is 0 Å². The molecule has 0 spiro atoms. The fraction of sp³-hybridized carbons (Fsp3) is 0.364. The van der Waals surface area contributed by atoms with Crippen LogP contribution in [0, 0.1) is 5.92 Å². The van der Waals surface area contributed by atoms with Crippen molar-refractivity contribution in [2.24, 2.45) is 11.7 Å². The van der Waals surface area contributed by atoms with Gasteiger partial charge in [0.25, 0.3) is 0 Å². The van der Waals surface area contributed by atoms with Crippen LogP contribution >= 0.6 is 11.6 Å². The Morgan fingerprint density at radius 1 is 1.40 bits per heavy atom. The number of hydrogen-bond donors (Lipinski definition) is 2. The molecular weight excluding hydrogens is 212 g/mol. The average molecular weight is 225 g/mol. The van der Waals surface area contributed by atoms with Crippen molar-refractivity contribution in [2.45, 2.75) is 19.0 Å². The molecular formula is C11H13ClN2O. The molecule has 3 nitrogen and oxygen atoms in total. The van der Waals surface area contributed by atoms with Crippen LogP contribution in [0.25, 0.3) is 0 Å². The molecule has 1 unspecified atom stereocenters. The fourth-order valence-corrected chi connectivity index (χ4v) is 2.11. The molecule has 3 atom stereocenters. The normalized spacial score (nSPS) is 30.3. The molecule has 80 valence electrons. The Kier molecular flexibility index (Phi) is 2.67. The van der Waals surface area contributed by atoms with Crippen molar-refractivity contribution >= 4 is 17.5 Å². The maximum atomic E-state index is 11.4. The zero-order valence-corrected chi connectivity index (χ0v) is 9.16. The molecule has 0 aliphatic carbocycles. The van der Waals surface area contributed by atoms with Crippen LogP contribution in [0.2, 0.25) is 5.02 Å². The molecule has 1 heterocycles. The summed E-state index contributed by atoms with van der Waals surface area (Å²) in [6.07, 6.45) is 0.